The first kappa shape index (κ1) is 15.6. The SMILES string of the molecule is O=[N+]([O-])c1ccc(O[C@@H]2O[C@@H]([C@H](O)CF)[C@H](O)[C@H]2O)cc1. The van der Waals surface area contributed by atoms with Crippen LogP contribution in [0.25, 0.3) is 0 Å². The largest absolute Gasteiger partial charge is 0.462 e. The second-order valence-electron chi connectivity index (χ2n) is 4.54. The van der Waals surface area contributed by atoms with Gasteiger partial charge < -0.3 is 24.8 Å². The summed E-state index contributed by atoms with van der Waals surface area (Å²) in [4.78, 5) is 9.93. The van der Waals surface area contributed by atoms with Crippen molar-refractivity contribution < 1.29 is 34.1 Å². The molecule has 9 heteroatoms. The van der Waals surface area contributed by atoms with Crippen LogP contribution in [0.1, 0.15) is 0 Å². The van der Waals surface area contributed by atoms with Crippen molar-refractivity contribution in [3.05, 3.63) is 34.4 Å². The van der Waals surface area contributed by atoms with Gasteiger partial charge >= 0.3 is 0 Å². The number of ether oxygens (including phenoxy) is 2. The standard InChI is InChI=1S/C12H14FNO7/c13-5-8(15)11-9(16)10(17)12(21-11)20-7-3-1-6(2-4-7)14(18)19/h1-4,8-12,15-17H,5H2/t8-,9-,10-,11+,12-/m1/s1. The number of alkyl halides is 1. The summed E-state index contributed by atoms with van der Waals surface area (Å²) in [5, 5.41) is 39.2. The molecule has 116 valence electrons. The molecule has 1 heterocycles. The van der Waals surface area contributed by atoms with Crippen LogP contribution >= 0.6 is 0 Å². The van der Waals surface area contributed by atoms with E-state index in [0.29, 0.717) is 0 Å². The number of hydrogen-bond acceptors (Lipinski definition) is 7. The molecule has 1 aromatic rings. The molecule has 1 aliphatic heterocycles. The van der Waals surface area contributed by atoms with E-state index in [1.54, 1.807) is 0 Å². The third-order valence-corrected chi connectivity index (χ3v) is 3.09. The van der Waals surface area contributed by atoms with E-state index in [2.05, 4.69) is 0 Å². The fraction of sp³-hybridized carbons (Fsp3) is 0.500. The van der Waals surface area contributed by atoms with Gasteiger partial charge in [0.05, 0.1) is 4.92 Å². The van der Waals surface area contributed by atoms with Crippen LogP contribution < -0.4 is 4.74 Å². The first-order valence-corrected chi connectivity index (χ1v) is 6.10. The topological polar surface area (TPSA) is 122 Å². The number of aliphatic hydroxyl groups excluding tert-OH is 3. The molecular formula is C12H14FNO7. The molecule has 2 rings (SSSR count). The number of non-ortho nitro benzene ring substituents is 1. The minimum absolute atomic E-state index is 0.138. The van der Waals surface area contributed by atoms with Gasteiger partial charge in [0.15, 0.2) is 0 Å². The highest BCUT2D eigenvalue weighted by molar-refractivity contribution is 5.36. The highest BCUT2D eigenvalue weighted by Crippen LogP contribution is 2.27. The lowest BCUT2D eigenvalue weighted by molar-refractivity contribution is -0.384. The van der Waals surface area contributed by atoms with Crippen molar-refractivity contribution in [1.29, 1.82) is 0 Å². The molecule has 0 aromatic heterocycles. The Morgan fingerprint density at radius 3 is 2.48 bits per heavy atom. The van der Waals surface area contributed by atoms with Crippen LogP contribution in [0.2, 0.25) is 0 Å². The summed E-state index contributed by atoms with van der Waals surface area (Å²) in [6, 6.07) is 4.97. The van der Waals surface area contributed by atoms with Gasteiger partial charge in [-0.1, -0.05) is 0 Å². The third-order valence-electron chi connectivity index (χ3n) is 3.09. The Morgan fingerprint density at radius 1 is 1.33 bits per heavy atom. The number of hydrogen-bond donors (Lipinski definition) is 3. The first-order chi connectivity index (χ1) is 9.93. The van der Waals surface area contributed by atoms with Crippen molar-refractivity contribution in [2.75, 3.05) is 6.67 Å². The Kier molecular flexibility index (Phi) is 4.68. The quantitative estimate of drug-likeness (QED) is 0.506. The lowest BCUT2D eigenvalue weighted by Crippen LogP contribution is -2.40. The minimum Gasteiger partial charge on any atom is -0.462 e. The van der Waals surface area contributed by atoms with Gasteiger partial charge in [-0.3, -0.25) is 10.1 Å². The van der Waals surface area contributed by atoms with Gasteiger partial charge in [0.1, 0.15) is 36.8 Å². The van der Waals surface area contributed by atoms with Crippen molar-refractivity contribution in [3.8, 4) is 5.75 Å². The maximum Gasteiger partial charge on any atom is 0.269 e. The predicted octanol–water partition coefficient (Wildman–Crippen LogP) is -0.249. The zero-order valence-electron chi connectivity index (χ0n) is 10.7. The number of rotatable bonds is 5. The smallest absolute Gasteiger partial charge is 0.269 e. The Morgan fingerprint density at radius 2 is 1.95 bits per heavy atom. The van der Waals surface area contributed by atoms with Gasteiger partial charge in [-0.25, -0.2) is 4.39 Å². The number of nitro benzene ring substituents is 1. The molecule has 0 amide bonds. The van der Waals surface area contributed by atoms with Crippen molar-refractivity contribution in [1.82, 2.24) is 0 Å². The number of halogens is 1. The Hall–Kier alpha value is -1.81. The van der Waals surface area contributed by atoms with Gasteiger partial charge in [-0.15, -0.1) is 0 Å². The molecule has 1 aliphatic rings. The van der Waals surface area contributed by atoms with E-state index in [9.17, 15) is 29.8 Å². The molecule has 8 nitrogen and oxygen atoms in total. The number of nitro groups is 1. The molecule has 0 unspecified atom stereocenters. The molecule has 0 spiro atoms. The molecule has 5 atom stereocenters. The second kappa shape index (κ2) is 6.31. The van der Waals surface area contributed by atoms with Crippen molar-refractivity contribution in [2.24, 2.45) is 0 Å². The van der Waals surface area contributed by atoms with Crippen LogP contribution in [0.5, 0.6) is 5.75 Å². The third kappa shape index (κ3) is 3.27. The molecule has 1 saturated heterocycles. The minimum atomic E-state index is -1.58. The highest BCUT2D eigenvalue weighted by atomic mass is 19.1. The van der Waals surface area contributed by atoms with Crippen molar-refractivity contribution in [2.45, 2.75) is 30.7 Å². The summed E-state index contributed by atoms with van der Waals surface area (Å²) in [6.07, 6.45) is -7.19. The zero-order valence-corrected chi connectivity index (χ0v) is 10.7. The molecule has 21 heavy (non-hydrogen) atoms. The van der Waals surface area contributed by atoms with Crippen LogP contribution in [-0.4, -0.2) is 57.6 Å². The zero-order chi connectivity index (χ0) is 15.6. The van der Waals surface area contributed by atoms with Crippen LogP contribution in [0.15, 0.2) is 24.3 Å². The maximum atomic E-state index is 12.4. The number of nitrogens with zero attached hydrogens (tertiary/aromatic N) is 1. The monoisotopic (exact) mass is 303 g/mol. The summed E-state index contributed by atoms with van der Waals surface area (Å²) in [7, 11) is 0. The maximum absolute atomic E-state index is 12.4. The molecule has 1 aromatic carbocycles. The number of benzene rings is 1. The summed E-state index contributed by atoms with van der Waals surface area (Å²) in [5.41, 5.74) is -0.138. The van der Waals surface area contributed by atoms with Gasteiger partial charge in [-0.2, -0.15) is 0 Å². The average molecular weight is 303 g/mol. The molecule has 1 fully saturated rings. The predicted molar refractivity (Wildman–Crippen MR) is 66.4 cm³/mol. The highest BCUT2D eigenvalue weighted by Gasteiger charge is 2.47. The Bertz CT molecular complexity index is 497. The molecule has 0 radical (unpaired) electrons. The molecule has 3 N–H and O–H groups in total. The first-order valence-electron chi connectivity index (χ1n) is 6.10. The van der Waals surface area contributed by atoms with Crippen LogP contribution in [0, 0.1) is 10.1 Å². The van der Waals surface area contributed by atoms with E-state index in [1.165, 1.54) is 24.3 Å². The van der Waals surface area contributed by atoms with E-state index >= 15 is 0 Å². The van der Waals surface area contributed by atoms with Gasteiger partial charge in [0.25, 0.3) is 5.69 Å². The molecule has 0 aliphatic carbocycles. The van der Waals surface area contributed by atoms with E-state index in [1.807, 2.05) is 0 Å². The van der Waals surface area contributed by atoms with Crippen molar-refractivity contribution in [3.63, 3.8) is 0 Å². The van der Waals surface area contributed by atoms with Crippen molar-refractivity contribution >= 4 is 5.69 Å². The van der Waals surface area contributed by atoms with E-state index in [0.717, 1.165) is 0 Å². The average Bonchev–Trinajstić information content (AvgIpc) is 2.75. The van der Waals surface area contributed by atoms with Gasteiger partial charge in [0.2, 0.25) is 6.29 Å². The van der Waals surface area contributed by atoms with Crippen LogP contribution in [0.3, 0.4) is 0 Å². The lowest BCUT2D eigenvalue weighted by atomic mass is 10.1. The van der Waals surface area contributed by atoms with Crippen LogP contribution in [-0.2, 0) is 4.74 Å². The Balaban J connectivity index is 2.04. The second-order valence-corrected chi connectivity index (χ2v) is 4.54. The number of aliphatic hydroxyl groups is 3. The fourth-order valence-electron chi connectivity index (χ4n) is 1.96. The van der Waals surface area contributed by atoms with Gasteiger partial charge in [0, 0.05) is 12.1 Å². The fourth-order valence-corrected chi connectivity index (χ4v) is 1.96. The summed E-state index contributed by atoms with van der Waals surface area (Å²) < 4.78 is 22.7. The summed E-state index contributed by atoms with van der Waals surface area (Å²) >= 11 is 0. The van der Waals surface area contributed by atoms with E-state index < -0.39 is 42.3 Å². The van der Waals surface area contributed by atoms with E-state index in [4.69, 9.17) is 9.47 Å². The van der Waals surface area contributed by atoms with Gasteiger partial charge in [-0.05, 0) is 12.1 Å². The van der Waals surface area contributed by atoms with E-state index in [-0.39, 0.29) is 11.4 Å². The molecule has 0 bridgehead atoms. The molecule has 0 saturated carbocycles. The van der Waals surface area contributed by atoms with Crippen LogP contribution in [0.4, 0.5) is 10.1 Å². The summed E-state index contributed by atoms with van der Waals surface area (Å²) in [6.45, 7) is -1.14. The molecular weight excluding hydrogens is 289 g/mol. The normalized spacial score (nSPS) is 30.1. The Labute approximate surface area is 118 Å². The lowest BCUT2D eigenvalue weighted by Gasteiger charge is -2.18. The summed E-state index contributed by atoms with van der Waals surface area (Å²) in [5.74, 6) is 0.159.